The predicted molar refractivity (Wildman–Crippen MR) is 80.8 cm³/mol. The molecule has 0 rings (SSSR count). The number of unbranched alkanes of at least 4 members (excludes halogenated alkanes) is 2. The average Bonchev–Trinajstić information content (AvgIpc) is 2.38. The summed E-state index contributed by atoms with van der Waals surface area (Å²) in [5.74, 6) is -1.06. The number of amides is 2. The van der Waals surface area contributed by atoms with Crippen LogP contribution in [0.15, 0.2) is 0 Å². The minimum Gasteiger partial charge on any atom is -0.481 e. The first kappa shape index (κ1) is 18.7. The van der Waals surface area contributed by atoms with Gasteiger partial charge in [0.25, 0.3) is 0 Å². The molecule has 0 aromatic carbocycles. The fourth-order valence-electron chi connectivity index (χ4n) is 1.95. The number of nitrogens with zero attached hydrogens (tertiary/aromatic N) is 1. The normalized spacial score (nSPS) is 13.6. The highest BCUT2D eigenvalue weighted by atomic mass is 16.4. The molecule has 5 nitrogen and oxygen atoms in total. The first-order valence-corrected chi connectivity index (χ1v) is 7.62. The van der Waals surface area contributed by atoms with Crippen molar-refractivity contribution in [2.45, 2.75) is 65.3 Å². The van der Waals surface area contributed by atoms with Crippen LogP contribution in [0, 0.1) is 5.92 Å². The summed E-state index contributed by atoms with van der Waals surface area (Å²) in [7, 11) is 1.81. The topological polar surface area (TPSA) is 69.6 Å². The summed E-state index contributed by atoms with van der Waals surface area (Å²) in [6.07, 6.45) is 5.60. The summed E-state index contributed by atoms with van der Waals surface area (Å²) in [5, 5.41) is 11.7. The van der Waals surface area contributed by atoms with Gasteiger partial charge in [-0.1, -0.05) is 33.1 Å². The summed E-state index contributed by atoms with van der Waals surface area (Å²) in [5.41, 5.74) is 0. The Bertz CT molecular complexity index is 295. The van der Waals surface area contributed by atoms with E-state index in [0.29, 0.717) is 6.42 Å². The second kappa shape index (κ2) is 10.5. The fraction of sp³-hybridized carbons (Fsp3) is 0.867. The van der Waals surface area contributed by atoms with E-state index in [1.807, 2.05) is 14.0 Å². The monoisotopic (exact) mass is 286 g/mol. The highest BCUT2D eigenvalue weighted by Crippen LogP contribution is 2.09. The van der Waals surface area contributed by atoms with Crippen molar-refractivity contribution < 1.29 is 14.7 Å². The number of hydrogen-bond acceptors (Lipinski definition) is 2. The van der Waals surface area contributed by atoms with Crippen LogP contribution in [0.5, 0.6) is 0 Å². The van der Waals surface area contributed by atoms with Crippen LogP contribution >= 0.6 is 0 Å². The van der Waals surface area contributed by atoms with E-state index in [2.05, 4.69) is 12.2 Å². The SMILES string of the molecule is CCCCCN(C)C(=O)NC(C)CCCC(C)C(=O)O. The third kappa shape index (κ3) is 8.77. The smallest absolute Gasteiger partial charge is 0.317 e. The summed E-state index contributed by atoms with van der Waals surface area (Å²) in [6, 6.07) is 0.0389. The molecule has 118 valence electrons. The quantitative estimate of drug-likeness (QED) is 0.606. The average molecular weight is 286 g/mol. The van der Waals surface area contributed by atoms with Gasteiger partial charge in [-0.15, -0.1) is 0 Å². The van der Waals surface area contributed by atoms with Gasteiger partial charge >= 0.3 is 12.0 Å². The largest absolute Gasteiger partial charge is 0.481 e. The molecule has 20 heavy (non-hydrogen) atoms. The van der Waals surface area contributed by atoms with Crippen molar-refractivity contribution in [3.8, 4) is 0 Å². The molecular formula is C15H30N2O3. The summed E-state index contributed by atoms with van der Waals surface area (Å²) < 4.78 is 0. The molecule has 0 bridgehead atoms. The van der Waals surface area contributed by atoms with Crippen LogP contribution in [-0.2, 0) is 4.79 Å². The van der Waals surface area contributed by atoms with Gasteiger partial charge < -0.3 is 15.3 Å². The lowest BCUT2D eigenvalue weighted by molar-refractivity contribution is -0.141. The second-order valence-electron chi connectivity index (χ2n) is 5.65. The summed E-state index contributed by atoms with van der Waals surface area (Å²) in [4.78, 5) is 24.3. The molecule has 0 aromatic rings. The molecule has 2 N–H and O–H groups in total. The van der Waals surface area contributed by atoms with Gasteiger partial charge in [-0.25, -0.2) is 4.79 Å². The molecule has 2 atom stereocenters. The van der Waals surface area contributed by atoms with Gasteiger partial charge in [0.2, 0.25) is 0 Å². The second-order valence-corrected chi connectivity index (χ2v) is 5.65. The molecule has 2 amide bonds. The predicted octanol–water partition coefficient (Wildman–Crippen LogP) is 3.10. The molecule has 0 saturated carbocycles. The Hall–Kier alpha value is -1.26. The maximum Gasteiger partial charge on any atom is 0.317 e. The van der Waals surface area contributed by atoms with Crippen LogP contribution in [0.1, 0.15) is 59.3 Å². The van der Waals surface area contributed by atoms with Gasteiger partial charge in [0.1, 0.15) is 0 Å². The molecule has 0 aromatic heterocycles. The lowest BCUT2D eigenvalue weighted by Gasteiger charge is -2.21. The molecule has 0 radical (unpaired) electrons. The number of aliphatic carboxylic acids is 1. The lowest BCUT2D eigenvalue weighted by atomic mass is 10.0. The van der Waals surface area contributed by atoms with Crippen LogP contribution in [0.25, 0.3) is 0 Å². The van der Waals surface area contributed by atoms with Gasteiger partial charge in [-0.2, -0.15) is 0 Å². The maximum atomic E-state index is 11.9. The Morgan fingerprint density at radius 2 is 1.80 bits per heavy atom. The van der Waals surface area contributed by atoms with Crippen LogP contribution in [0.3, 0.4) is 0 Å². The number of carbonyl (C=O) groups is 2. The Balaban J connectivity index is 3.81. The maximum absolute atomic E-state index is 11.9. The highest BCUT2D eigenvalue weighted by Gasteiger charge is 2.14. The number of nitrogens with one attached hydrogen (secondary N) is 1. The van der Waals surface area contributed by atoms with E-state index < -0.39 is 5.97 Å². The van der Waals surface area contributed by atoms with Crippen molar-refractivity contribution >= 4 is 12.0 Å². The standard InChI is InChI=1S/C15H30N2O3/c1-5-6-7-11-17(4)15(20)16-13(3)10-8-9-12(2)14(18)19/h12-13H,5-11H2,1-4H3,(H,16,20)(H,18,19). The van der Waals surface area contributed by atoms with E-state index in [1.165, 1.54) is 0 Å². The van der Waals surface area contributed by atoms with E-state index in [9.17, 15) is 9.59 Å². The number of urea groups is 1. The van der Waals surface area contributed by atoms with Crippen molar-refractivity contribution in [1.29, 1.82) is 0 Å². The fourth-order valence-corrected chi connectivity index (χ4v) is 1.95. The van der Waals surface area contributed by atoms with Gasteiger partial charge in [-0.3, -0.25) is 4.79 Å². The number of carboxylic acids is 1. The van der Waals surface area contributed by atoms with Gasteiger partial charge in [0, 0.05) is 19.6 Å². The van der Waals surface area contributed by atoms with Crippen LogP contribution in [0.4, 0.5) is 4.79 Å². The first-order chi connectivity index (χ1) is 9.38. The van der Waals surface area contributed by atoms with Crippen LogP contribution in [-0.4, -0.2) is 41.6 Å². The molecule has 0 spiro atoms. The van der Waals surface area contributed by atoms with Gasteiger partial charge in [0.15, 0.2) is 0 Å². The molecule has 2 unspecified atom stereocenters. The third-order valence-electron chi connectivity index (χ3n) is 3.51. The zero-order chi connectivity index (χ0) is 15.5. The molecule has 0 aliphatic rings. The molecular weight excluding hydrogens is 256 g/mol. The van der Waals surface area contributed by atoms with Gasteiger partial charge in [0.05, 0.1) is 5.92 Å². The zero-order valence-electron chi connectivity index (χ0n) is 13.3. The van der Waals surface area contributed by atoms with E-state index in [0.717, 1.165) is 38.6 Å². The minimum atomic E-state index is -0.752. The molecule has 0 aliphatic carbocycles. The molecule has 0 fully saturated rings. The number of carboxylic acid groups (broad SMARTS) is 1. The molecule has 0 heterocycles. The number of carbonyl (C=O) groups excluding carboxylic acids is 1. The van der Waals surface area contributed by atoms with Crippen molar-refractivity contribution in [2.75, 3.05) is 13.6 Å². The van der Waals surface area contributed by atoms with Gasteiger partial charge in [-0.05, 0) is 26.2 Å². The Morgan fingerprint density at radius 1 is 1.15 bits per heavy atom. The summed E-state index contributed by atoms with van der Waals surface area (Å²) in [6.45, 7) is 6.60. The Labute approximate surface area is 122 Å². The molecule has 5 heteroatoms. The molecule has 0 saturated heterocycles. The van der Waals surface area contributed by atoms with E-state index in [4.69, 9.17) is 5.11 Å². The number of hydrogen-bond donors (Lipinski definition) is 2. The van der Waals surface area contributed by atoms with Crippen molar-refractivity contribution in [1.82, 2.24) is 10.2 Å². The lowest BCUT2D eigenvalue weighted by Crippen LogP contribution is -2.42. The number of rotatable bonds is 10. The van der Waals surface area contributed by atoms with Crippen LogP contribution < -0.4 is 5.32 Å². The Morgan fingerprint density at radius 3 is 2.35 bits per heavy atom. The van der Waals surface area contributed by atoms with Crippen molar-refractivity contribution in [3.63, 3.8) is 0 Å². The van der Waals surface area contributed by atoms with E-state index in [-0.39, 0.29) is 18.0 Å². The molecule has 0 aliphatic heterocycles. The first-order valence-electron chi connectivity index (χ1n) is 7.62. The third-order valence-corrected chi connectivity index (χ3v) is 3.51. The Kier molecular flexibility index (Phi) is 9.86. The minimum absolute atomic E-state index is 0.0418. The van der Waals surface area contributed by atoms with Crippen molar-refractivity contribution in [3.05, 3.63) is 0 Å². The summed E-state index contributed by atoms with van der Waals surface area (Å²) >= 11 is 0. The zero-order valence-corrected chi connectivity index (χ0v) is 13.3. The van der Waals surface area contributed by atoms with Crippen LogP contribution in [0.2, 0.25) is 0 Å². The van der Waals surface area contributed by atoms with Crippen molar-refractivity contribution in [2.24, 2.45) is 5.92 Å². The highest BCUT2D eigenvalue weighted by molar-refractivity contribution is 5.74. The van der Waals surface area contributed by atoms with E-state index in [1.54, 1.807) is 11.8 Å². The van der Waals surface area contributed by atoms with E-state index >= 15 is 0 Å².